The van der Waals surface area contributed by atoms with E-state index in [4.69, 9.17) is 0 Å². The summed E-state index contributed by atoms with van der Waals surface area (Å²) in [6.45, 7) is 4.31. The summed E-state index contributed by atoms with van der Waals surface area (Å²) in [6.07, 6.45) is 1.21. The minimum absolute atomic E-state index is 0.0917. The minimum Gasteiger partial charge on any atom is -0.342 e. The monoisotopic (exact) mass is 247 g/mol. The maximum Gasteiger partial charge on any atom is 0.245 e. The van der Waals surface area contributed by atoms with Gasteiger partial charge in [-0.25, -0.2) is 13.1 Å². The smallest absolute Gasteiger partial charge is 0.245 e. The Morgan fingerprint density at radius 3 is 2.56 bits per heavy atom. The Bertz CT molecular complexity index is 439. The first-order valence-corrected chi connectivity index (χ1v) is 7.04. The molecule has 0 aliphatic heterocycles. The molecule has 0 bridgehead atoms. The molecule has 8 heteroatoms. The SMILES string of the molecule is CC(C)n1nnnc1N(C)CCS(C)(=O)=O. The van der Waals surface area contributed by atoms with Gasteiger partial charge >= 0.3 is 0 Å². The van der Waals surface area contributed by atoms with Gasteiger partial charge in [-0.15, -0.1) is 0 Å². The summed E-state index contributed by atoms with van der Waals surface area (Å²) in [5.74, 6) is 0.674. The van der Waals surface area contributed by atoms with Crippen LogP contribution in [0.4, 0.5) is 5.95 Å². The van der Waals surface area contributed by atoms with E-state index in [2.05, 4.69) is 15.5 Å². The van der Waals surface area contributed by atoms with Crippen molar-refractivity contribution in [1.82, 2.24) is 20.2 Å². The summed E-state index contributed by atoms with van der Waals surface area (Å²) in [5.41, 5.74) is 0. The predicted octanol–water partition coefficient (Wildman–Crippen LogP) is -0.265. The Morgan fingerprint density at radius 2 is 2.06 bits per heavy atom. The summed E-state index contributed by atoms with van der Waals surface area (Å²) in [4.78, 5) is 1.74. The highest BCUT2D eigenvalue weighted by Crippen LogP contribution is 2.12. The van der Waals surface area contributed by atoms with Gasteiger partial charge in [-0.1, -0.05) is 5.10 Å². The third kappa shape index (κ3) is 3.44. The van der Waals surface area contributed by atoms with Crippen molar-refractivity contribution < 1.29 is 8.42 Å². The van der Waals surface area contributed by atoms with Crippen LogP contribution in [0.2, 0.25) is 0 Å². The van der Waals surface area contributed by atoms with Crippen molar-refractivity contribution in [2.45, 2.75) is 19.9 Å². The molecular formula is C8H17N5O2S. The maximum atomic E-state index is 11.0. The van der Waals surface area contributed by atoms with Gasteiger partial charge in [-0.3, -0.25) is 0 Å². The first-order chi connectivity index (χ1) is 7.31. The Kier molecular flexibility index (Phi) is 3.84. The van der Waals surface area contributed by atoms with Gasteiger partial charge in [0.25, 0.3) is 0 Å². The average Bonchev–Trinajstić information content (AvgIpc) is 2.61. The number of hydrogen-bond donors (Lipinski definition) is 0. The molecular weight excluding hydrogens is 230 g/mol. The van der Waals surface area contributed by atoms with E-state index < -0.39 is 9.84 Å². The van der Waals surface area contributed by atoms with E-state index in [0.29, 0.717) is 12.5 Å². The summed E-state index contributed by atoms with van der Waals surface area (Å²) in [6, 6.07) is 0.144. The van der Waals surface area contributed by atoms with E-state index in [0.717, 1.165) is 0 Å². The van der Waals surface area contributed by atoms with Crippen molar-refractivity contribution in [1.29, 1.82) is 0 Å². The molecule has 0 unspecified atom stereocenters. The van der Waals surface area contributed by atoms with Crippen LogP contribution in [0.3, 0.4) is 0 Å². The largest absolute Gasteiger partial charge is 0.342 e. The van der Waals surface area contributed by atoms with Crippen LogP contribution in [-0.2, 0) is 9.84 Å². The molecule has 0 spiro atoms. The number of tetrazole rings is 1. The Morgan fingerprint density at radius 1 is 1.44 bits per heavy atom. The second-order valence-corrected chi connectivity index (χ2v) is 6.33. The van der Waals surface area contributed by atoms with E-state index in [-0.39, 0.29) is 11.8 Å². The van der Waals surface area contributed by atoms with Gasteiger partial charge < -0.3 is 4.90 Å². The molecule has 0 amide bonds. The van der Waals surface area contributed by atoms with Crippen LogP contribution in [0.15, 0.2) is 0 Å². The zero-order chi connectivity index (χ0) is 12.3. The lowest BCUT2D eigenvalue weighted by Gasteiger charge is -2.18. The highest BCUT2D eigenvalue weighted by atomic mass is 32.2. The molecule has 0 saturated carbocycles. The molecule has 0 aromatic carbocycles. The lowest BCUT2D eigenvalue weighted by atomic mass is 10.4. The summed E-state index contributed by atoms with van der Waals surface area (Å²) in [5, 5.41) is 11.3. The van der Waals surface area contributed by atoms with Crippen LogP contribution in [0.5, 0.6) is 0 Å². The van der Waals surface area contributed by atoms with Gasteiger partial charge in [-0.05, 0) is 24.3 Å². The van der Waals surface area contributed by atoms with E-state index in [1.165, 1.54) is 6.26 Å². The van der Waals surface area contributed by atoms with Crippen molar-refractivity contribution in [3.8, 4) is 0 Å². The molecule has 0 N–H and O–H groups in total. The lowest BCUT2D eigenvalue weighted by molar-refractivity contribution is 0.512. The number of hydrogen-bond acceptors (Lipinski definition) is 6. The average molecular weight is 247 g/mol. The van der Waals surface area contributed by atoms with Gasteiger partial charge in [0.1, 0.15) is 9.84 Å². The fourth-order valence-electron chi connectivity index (χ4n) is 1.18. The standard InChI is InChI=1S/C8H17N5O2S/c1-7(2)13-8(9-10-11-13)12(3)5-6-16(4,14)15/h7H,5-6H2,1-4H3. The quantitative estimate of drug-likeness (QED) is 0.712. The van der Waals surface area contributed by atoms with Crippen molar-refractivity contribution in [3.63, 3.8) is 0 Å². The summed E-state index contributed by atoms with van der Waals surface area (Å²) in [7, 11) is -1.19. The molecule has 0 fully saturated rings. The predicted molar refractivity (Wildman–Crippen MR) is 61.2 cm³/mol. The number of sulfone groups is 1. The molecule has 16 heavy (non-hydrogen) atoms. The van der Waals surface area contributed by atoms with Crippen molar-refractivity contribution in [2.24, 2.45) is 0 Å². The second-order valence-electron chi connectivity index (χ2n) is 4.07. The van der Waals surface area contributed by atoms with Crippen LogP contribution in [0.25, 0.3) is 0 Å². The highest BCUT2D eigenvalue weighted by molar-refractivity contribution is 7.90. The molecule has 92 valence electrons. The number of aromatic nitrogens is 4. The molecule has 1 aromatic heterocycles. The first kappa shape index (κ1) is 12.9. The van der Waals surface area contributed by atoms with Crippen molar-refractivity contribution in [3.05, 3.63) is 0 Å². The zero-order valence-electron chi connectivity index (χ0n) is 9.95. The Hall–Kier alpha value is -1.18. The molecule has 1 aromatic rings. The van der Waals surface area contributed by atoms with Crippen LogP contribution < -0.4 is 4.90 Å². The molecule has 0 atom stereocenters. The van der Waals surface area contributed by atoms with Gasteiger partial charge in [-0.2, -0.15) is 0 Å². The maximum absolute atomic E-state index is 11.0. The first-order valence-electron chi connectivity index (χ1n) is 4.98. The number of rotatable bonds is 5. The molecule has 1 heterocycles. The fourth-order valence-corrected chi connectivity index (χ4v) is 1.78. The topological polar surface area (TPSA) is 81.0 Å². The molecule has 7 nitrogen and oxygen atoms in total. The van der Waals surface area contributed by atoms with Gasteiger partial charge in [0.2, 0.25) is 5.95 Å². The molecule has 0 aliphatic carbocycles. The van der Waals surface area contributed by atoms with Crippen LogP contribution in [-0.4, -0.2) is 54.2 Å². The van der Waals surface area contributed by atoms with Gasteiger partial charge in [0.05, 0.1) is 11.8 Å². The number of nitrogens with zero attached hydrogens (tertiary/aromatic N) is 5. The van der Waals surface area contributed by atoms with E-state index in [1.807, 2.05) is 13.8 Å². The molecule has 0 saturated heterocycles. The highest BCUT2D eigenvalue weighted by Gasteiger charge is 2.14. The van der Waals surface area contributed by atoms with E-state index in [1.54, 1.807) is 16.6 Å². The van der Waals surface area contributed by atoms with Gasteiger partial charge in [0.15, 0.2) is 0 Å². The Balaban J connectivity index is 2.73. The second kappa shape index (κ2) is 4.77. The van der Waals surface area contributed by atoms with Crippen LogP contribution in [0, 0.1) is 0 Å². The fraction of sp³-hybridized carbons (Fsp3) is 0.875. The van der Waals surface area contributed by atoms with Gasteiger partial charge in [0, 0.05) is 19.8 Å². The Labute approximate surface area is 95.4 Å². The number of anilines is 1. The van der Waals surface area contributed by atoms with Crippen LogP contribution in [0.1, 0.15) is 19.9 Å². The van der Waals surface area contributed by atoms with Crippen molar-refractivity contribution >= 4 is 15.8 Å². The summed E-state index contributed by atoms with van der Waals surface area (Å²) < 4.78 is 23.7. The minimum atomic E-state index is -2.96. The van der Waals surface area contributed by atoms with Crippen molar-refractivity contribution in [2.75, 3.05) is 30.5 Å². The summed E-state index contributed by atoms with van der Waals surface area (Å²) >= 11 is 0. The normalized spacial score (nSPS) is 12.1. The lowest BCUT2D eigenvalue weighted by Crippen LogP contribution is -2.28. The third-order valence-corrected chi connectivity index (χ3v) is 3.03. The zero-order valence-corrected chi connectivity index (χ0v) is 10.8. The van der Waals surface area contributed by atoms with E-state index in [9.17, 15) is 8.42 Å². The van der Waals surface area contributed by atoms with E-state index >= 15 is 0 Å². The molecule has 0 radical (unpaired) electrons. The van der Waals surface area contributed by atoms with Crippen LogP contribution >= 0.6 is 0 Å². The molecule has 0 aliphatic rings. The molecule has 1 rings (SSSR count). The third-order valence-electron chi connectivity index (χ3n) is 2.10.